The number of amides is 4. The fourth-order valence-electron chi connectivity index (χ4n) is 3.93. The maximum absolute atomic E-state index is 13.0. The fourth-order valence-corrected chi connectivity index (χ4v) is 3.93. The minimum atomic E-state index is -0.704. The molecule has 156 valence electrons. The number of nitrogens with one attached hydrogen (secondary N) is 1. The highest BCUT2D eigenvalue weighted by molar-refractivity contribution is 5.99. The molecule has 0 spiro atoms. The molecule has 4 unspecified atom stereocenters. The summed E-state index contributed by atoms with van der Waals surface area (Å²) in [6.07, 6.45) is 0.982. The van der Waals surface area contributed by atoms with Gasteiger partial charge in [-0.05, 0) is 18.8 Å². The van der Waals surface area contributed by atoms with Crippen molar-refractivity contribution in [3.8, 4) is 0 Å². The van der Waals surface area contributed by atoms with Gasteiger partial charge in [-0.15, -0.1) is 0 Å². The van der Waals surface area contributed by atoms with Gasteiger partial charge in [0.25, 0.3) is 0 Å². The lowest BCUT2D eigenvalue weighted by Crippen LogP contribution is -2.52. The molecule has 2 aliphatic heterocycles. The monoisotopic (exact) mass is 394 g/mol. The van der Waals surface area contributed by atoms with Gasteiger partial charge in [0.2, 0.25) is 23.6 Å². The molecule has 2 aliphatic rings. The van der Waals surface area contributed by atoms with E-state index in [2.05, 4.69) is 5.32 Å². The first-order valence-corrected chi connectivity index (χ1v) is 9.73. The van der Waals surface area contributed by atoms with Crippen LogP contribution in [-0.4, -0.2) is 70.4 Å². The van der Waals surface area contributed by atoms with Crippen molar-refractivity contribution in [1.29, 1.82) is 0 Å². The maximum atomic E-state index is 13.0. The van der Waals surface area contributed by atoms with Crippen LogP contribution < -0.4 is 11.1 Å². The van der Waals surface area contributed by atoms with Gasteiger partial charge in [-0.25, -0.2) is 0 Å². The summed E-state index contributed by atoms with van der Waals surface area (Å²) in [7, 11) is 0. The molecule has 4 amide bonds. The lowest BCUT2D eigenvalue weighted by molar-refractivity contribution is -0.138. The van der Waals surface area contributed by atoms with E-state index in [1.807, 2.05) is 13.8 Å². The van der Waals surface area contributed by atoms with Gasteiger partial charge in [-0.1, -0.05) is 20.8 Å². The van der Waals surface area contributed by atoms with Crippen LogP contribution in [0.3, 0.4) is 0 Å². The Morgan fingerprint density at radius 3 is 2.36 bits per heavy atom. The summed E-state index contributed by atoms with van der Waals surface area (Å²) in [6.45, 7) is 7.01. The molecule has 2 fully saturated rings. The predicted octanol–water partition coefficient (Wildman–Crippen LogP) is -0.570. The molecule has 3 N–H and O–H groups in total. The minimum Gasteiger partial charge on any atom is -0.369 e. The molecule has 2 rings (SSSR count). The van der Waals surface area contributed by atoms with E-state index in [1.165, 1.54) is 16.7 Å². The van der Waals surface area contributed by atoms with E-state index < -0.39 is 23.9 Å². The maximum Gasteiger partial charge on any atom is 0.246 e. The zero-order valence-corrected chi connectivity index (χ0v) is 16.9. The number of fused-ring (bicyclic) bond motifs is 1. The number of carbonyl (C=O) groups excluding carboxylic acids is 5. The lowest BCUT2D eigenvalue weighted by atomic mass is 10.0. The predicted molar refractivity (Wildman–Crippen MR) is 101 cm³/mol. The van der Waals surface area contributed by atoms with Crippen molar-refractivity contribution in [3.63, 3.8) is 0 Å². The highest BCUT2D eigenvalue weighted by Crippen LogP contribution is 2.31. The summed E-state index contributed by atoms with van der Waals surface area (Å²) in [5.74, 6) is -1.96. The van der Waals surface area contributed by atoms with E-state index in [0.717, 1.165) is 0 Å². The van der Waals surface area contributed by atoms with Gasteiger partial charge in [0, 0.05) is 25.8 Å². The van der Waals surface area contributed by atoms with Gasteiger partial charge in [0.15, 0.2) is 5.78 Å². The molecule has 2 saturated heterocycles. The van der Waals surface area contributed by atoms with Crippen LogP contribution in [0, 0.1) is 11.8 Å². The smallest absolute Gasteiger partial charge is 0.246 e. The number of hydrogen-bond donors (Lipinski definition) is 2. The molecule has 28 heavy (non-hydrogen) atoms. The van der Waals surface area contributed by atoms with Crippen LogP contribution in [0.25, 0.3) is 0 Å². The molecule has 2 heterocycles. The molecule has 0 bridgehead atoms. The molecule has 9 heteroatoms. The molecule has 0 aromatic carbocycles. The van der Waals surface area contributed by atoms with Gasteiger partial charge in [-0.3, -0.25) is 24.0 Å². The molecule has 4 atom stereocenters. The number of nitrogens with zero attached hydrogens (tertiary/aromatic N) is 2. The van der Waals surface area contributed by atoms with E-state index in [0.29, 0.717) is 19.4 Å². The van der Waals surface area contributed by atoms with Crippen molar-refractivity contribution in [2.24, 2.45) is 17.6 Å². The zero-order valence-electron chi connectivity index (χ0n) is 16.9. The van der Waals surface area contributed by atoms with Crippen molar-refractivity contribution in [2.75, 3.05) is 13.1 Å². The molecular weight excluding hydrogens is 364 g/mol. The summed E-state index contributed by atoms with van der Waals surface area (Å²) >= 11 is 0. The van der Waals surface area contributed by atoms with Crippen LogP contribution in [0.1, 0.15) is 47.0 Å². The Balaban J connectivity index is 2.08. The first-order chi connectivity index (χ1) is 13.0. The molecule has 0 saturated carbocycles. The number of ketones is 1. The Bertz CT molecular complexity index is 677. The van der Waals surface area contributed by atoms with Crippen LogP contribution in [0.4, 0.5) is 0 Å². The highest BCUT2D eigenvalue weighted by atomic mass is 16.2. The average Bonchev–Trinajstić information content (AvgIpc) is 3.17. The first-order valence-electron chi connectivity index (χ1n) is 9.73. The Hall–Kier alpha value is -2.45. The summed E-state index contributed by atoms with van der Waals surface area (Å²) in [5, 5.41) is 2.66. The summed E-state index contributed by atoms with van der Waals surface area (Å²) in [6, 6.07) is -1.72. The SMILES string of the molecule is CC(=O)NC(C(=O)N1CC(=O)C2C1CCN2C(=O)CCC(C)C(N)=O)C(C)C. The Morgan fingerprint density at radius 1 is 1.18 bits per heavy atom. The van der Waals surface area contributed by atoms with Gasteiger partial charge in [-0.2, -0.15) is 0 Å². The number of primary amides is 1. The quantitative estimate of drug-likeness (QED) is 0.597. The zero-order chi connectivity index (χ0) is 21.2. The van der Waals surface area contributed by atoms with E-state index >= 15 is 0 Å². The van der Waals surface area contributed by atoms with Crippen molar-refractivity contribution in [1.82, 2.24) is 15.1 Å². The normalized spacial score (nSPS) is 23.5. The largest absolute Gasteiger partial charge is 0.369 e. The van der Waals surface area contributed by atoms with Crippen LogP contribution in [0.2, 0.25) is 0 Å². The third-order valence-electron chi connectivity index (χ3n) is 5.59. The molecule has 0 radical (unpaired) electrons. The van der Waals surface area contributed by atoms with Crippen LogP contribution in [0.5, 0.6) is 0 Å². The second-order valence-electron chi connectivity index (χ2n) is 8.08. The minimum absolute atomic E-state index is 0.0571. The lowest BCUT2D eigenvalue weighted by Gasteiger charge is -2.29. The summed E-state index contributed by atoms with van der Waals surface area (Å²) < 4.78 is 0. The molecule has 0 aromatic heterocycles. The van der Waals surface area contributed by atoms with Crippen LogP contribution >= 0.6 is 0 Å². The van der Waals surface area contributed by atoms with E-state index in [-0.39, 0.29) is 48.4 Å². The van der Waals surface area contributed by atoms with E-state index in [1.54, 1.807) is 6.92 Å². The second kappa shape index (κ2) is 8.70. The third-order valence-corrected chi connectivity index (χ3v) is 5.59. The van der Waals surface area contributed by atoms with E-state index in [9.17, 15) is 24.0 Å². The topological polar surface area (TPSA) is 130 Å². The Labute approximate surface area is 165 Å². The number of likely N-dealkylation sites (tertiary alicyclic amines) is 2. The number of rotatable bonds is 7. The van der Waals surface area contributed by atoms with E-state index in [4.69, 9.17) is 5.73 Å². The molecular formula is C19H30N4O5. The first kappa shape index (κ1) is 21.8. The summed E-state index contributed by atoms with van der Waals surface area (Å²) in [5.41, 5.74) is 5.23. The van der Waals surface area contributed by atoms with Crippen LogP contribution in [0.15, 0.2) is 0 Å². The average molecular weight is 394 g/mol. The second-order valence-corrected chi connectivity index (χ2v) is 8.08. The number of Topliss-reactive ketones (excluding diaryl/α,β-unsaturated/α-hetero) is 1. The fraction of sp³-hybridized carbons (Fsp3) is 0.737. The Morgan fingerprint density at radius 2 is 1.82 bits per heavy atom. The Kier molecular flexibility index (Phi) is 6.79. The number of nitrogens with two attached hydrogens (primary N) is 1. The molecule has 9 nitrogen and oxygen atoms in total. The van der Waals surface area contributed by atoms with Crippen LogP contribution in [-0.2, 0) is 24.0 Å². The molecule has 0 aliphatic carbocycles. The van der Waals surface area contributed by atoms with Crippen molar-refractivity contribution in [3.05, 3.63) is 0 Å². The van der Waals surface area contributed by atoms with Gasteiger partial charge >= 0.3 is 0 Å². The molecule has 0 aromatic rings. The number of hydrogen-bond acceptors (Lipinski definition) is 5. The van der Waals surface area contributed by atoms with Crippen molar-refractivity contribution >= 4 is 29.4 Å². The van der Waals surface area contributed by atoms with Gasteiger partial charge in [0.1, 0.15) is 12.1 Å². The van der Waals surface area contributed by atoms with Crippen molar-refractivity contribution < 1.29 is 24.0 Å². The third kappa shape index (κ3) is 4.51. The van der Waals surface area contributed by atoms with Gasteiger partial charge < -0.3 is 20.9 Å². The standard InChI is InChI=1S/C19H30N4O5/c1-10(2)16(21-12(4)24)19(28)23-9-14(25)17-13(23)7-8-22(17)15(26)6-5-11(3)18(20)27/h10-11,13,16-17H,5-9H2,1-4H3,(H2,20,27)(H,21,24). The summed E-state index contributed by atoms with van der Waals surface area (Å²) in [4.78, 5) is 63.8. The van der Waals surface area contributed by atoms with Crippen molar-refractivity contribution in [2.45, 2.75) is 65.1 Å². The van der Waals surface area contributed by atoms with Gasteiger partial charge in [0.05, 0.1) is 12.6 Å². The number of carbonyl (C=O) groups is 5. The highest BCUT2D eigenvalue weighted by Gasteiger charge is 2.52.